The fraction of sp³-hybridized carbons (Fsp3) is 0.462. The van der Waals surface area contributed by atoms with Crippen molar-refractivity contribution in [1.29, 1.82) is 0 Å². The number of nitrogens with zero attached hydrogens (tertiary/aromatic N) is 1. The molecule has 1 aliphatic rings. The van der Waals surface area contributed by atoms with E-state index in [2.05, 4.69) is 10.0 Å². The lowest BCUT2D eigenvalue weighted by atomic mass is 10.3. The molecule has 1 aromatic rings. The van der Waals surface area contributed by atoms with Gasteiger partial charge in [0.1, 0.15) is 0 Å². The average molecular weight is 297 g/mol. The summed E-state index contributed by atoms with van der Waals surface area (Å²) in [4.78, 5) is 13.9. The fourth-order valence-electron chi connectivity index (χ4n) is 2.13. The zero-order chi connectivity index (χ0) is 14.6. The van der Waals surface area contributed by atoms with Crippen LogP contribution in [0.4, 0.5) is 5.69 Å². The van der Waals surface area contributed by atoms with Gasteiger partial charge in [-0.15, -0.1) is 0 Å². The Bertz CT molecular complexity index is 563. The van der Waals surface area contributed by atoms with Crippen LogP contribution >= 0.6 is 0 Å². The molecule has 110 valence electrons. The van der Waals surface area contributed by atoms with Crippen molar-refractivity contribution < 1.29 is 13.2 Å². The van der Waals surface area contributed by atoms with Crippen LogP contribution in [-0.2, 0) is 14.8 Å². The van der Waals surface area contributed by atoms with Crippen LogP contribution in [0.5, 0.6) is 0 Å². The van der Waals surface area contributed by atoms with E-state index in [0.29, 0.717) is 0 Å². The molecule has 6 nitrogen and oxygen atoms in total. The van der Waals surface area contributed by atoms with Crippen molar-refractivity contribution in [2.45, 2.75) is 17.7 Å². The molecule has 1 saturated heterocycles. The maximum Gasteiger partial charge on any atom is 0.241 e. The van der Waals surface area contributed by atoms with Crippen molar-refractivity contribution in [3.05, 3.63) is 24.3 Å². The van der Waals surface area contributed by atoms with E-state index in [9.17, 15) is 13.2 Å². The van der Waals surface area contributed by atoms with Crippen LogP contribution < -0.4 is 10.0 Å². The maximum atomic E-state index is 11.8. The SMILES string of the molecule is CNS(=O)(=O)c1ccc(NCC(=O)N2CCCC2)cc1. The summed E-state index contributed by atoms with van der Waals surface area (Å²) in [6.07, 6.45) is 2.14. The molecule has 0 saturated carbocycles. The molecule has 0 radical (unpaired) electrons. The molecule has 0 aromatic heterocycles. The van der Waals surface area contributed by atoms with E-state index in [0.717, 1.165) is 31.6 Å². The van der Waals surface area contributed by atoms with Gasteiger partial charge in [-0.25, -0.2) is 13.1 Å². The Kier molecular flexibility index (Phi) is 4.61. The summed E-state index contributed by atoms with van der Waals surface area (Å²) in [5.74, 6) is 0.0782. The summed E-state index contributed by atoms with van der Waals surface area (Å²) in [5.41, 5.74) is 0.729. The smallest absolute Gasteiger partial charge is 0.241 e. The first kappa shape index (κ1) is 14.8. The van der Waals surface area contributed by atoms with Crippen LogP contribution in [0.1, 0.15) is 12.8 Å². The summed E-state index contributed by atoms with van der Waals surface area (Å²) in [6, 6.07) is 6.33. The summed E-state index contributed by atoms with van der Waals surface area (Å²) >= 11 is 0. The van der Waals surface area contributed by atoms with Crippen molar-refractivity contribution in [3.63, 3.8) is 0 Å². The number of amides is 1. The maximum absolute atomic E-state index is 11.8. The molecule has 0 unspecified atom stereocenters. The van der Waals surface area contributed by atoms with E-state index in [4.69, 9.17) is 0 Å². The number of benzene rings is 1. The molecule has 0 spiro atoms. The number of sulfonamides is 1. The first-order valence-electron chi connectivity index (χ1n) is 6.58. The topological polar surface area (TPSA) is 78.5 Å². The van der Waals surface area contributed by atoms with E-state index >= 15 is 0 Å². The molecule has 0 aliphatic carbocycles. The molecule has 1 fully saturated rings. The van der Waals surface area contributed by atoms with Gasteiger partial charge in [-0.2, -0.15) is 0 Å². The minimum absolute atomic E-state index is 0.0782. The number of anilines is 1. The number of carbonyl (C=O) groups excluding carboxylic acids is 1. The number of likely N-dealkylation sites (tertiary alicyclic amines) is 1. The van der Waals surface area contributed by atoms with Crippen molar-refractivity contribution in [1.82, 2.24) is 9.62 Å². The van der Waals surface area contributed by atoms with Gasteiger partial charge in [-0.1, -0.05) is 0 Å². The summed E-state index contributed by atoms with van der Waals surface area (Å²) in [7, 11) is -2.04. The van der Waals surface area contributed by atoms with Gasteiger partial charge in [0.05, 0.1) is 11.4 Å². The van der Waals surface area contributed by atoms with Gasteiger partial charge in [0.25, 0.3) is 0 Å². The lowest BCUT2D eigenvalue weighted by molar-refractivity contribution is -0.128. The minimum Gasteiger partial charge on any atom is -0.376 e. The average Bonchev–Trinajstić information content (AvgIpc) is 2.99. The van der Waals surface area contributed by atoms with Crippen LogP contribution in [0.2, 0.25) is 0 Å². The van der Waals surface area contributed by atoms with Crippen LogP contribution in [0.3, 0.4) is 0 Å². The van der Waals surface area contributed by atoms with Crippen LogP contribution in [0, 0.1) is 0 Å². The predicted molar refractivity (Wildman–Crippen MR) is 77.0 cm³/mol. The summed E-state index contributed by atoms with van der Waals surface area (Å²) < 4.78 is 25.4. The Hall–Kier alpha value is -1.60. The van der Waals surface area contributed by atoms with E-state index in [1.54, 1.807) is 12.1 Å². The number of carbonyl (C=O) groups is 1. The lowest BCUT2D eigenvalue weighted by Crippen LogP contribution is -2.32. The van der Waals surface area contributed by atoms with Crippen molar-refractivity contribution in [2.24, 2.45) is 0 Å². The highest BCUT2D eigenvalue weighted by Crippen LogP contribution is 2.14. The molecule has 1 amide bonds. The monoisotopic (exact) mass is 297 g/mol. The van der Waals surface area contributed by atoms with Crippen LogP contribution in [0.25, 0.3) is 0 Å². The Morgan fingerprint density at radius 3 is 2.35 bits per heavy atom. The zero-order valence-corrected chi connectivity index (χ0v) is 12.2. The molecular weight excluding hydrogens is 278 g/mol. The second-order valence-electron chi connectivity index (χ2n) is 4.67. The molecule has 20 heavy (non-hydrogen) atoms. The van der Waals surface area contributed by atoms with Crippen molar-refractivity contribution in [2.75, 3.05) is 32.0 Å². The first-order valence-corrected chi connectivity index (χ1v) is 8.06. The van der Waals surface area contributed by atoms with Gasteiger partial charge < -0.3 is 10.2 Å². The standard InChI is InChI=1S/C13H19N3O3S/c1-14-20(18,19)12-6-4-11(5-7-12)15-10-13(17)16-8-2-3-9-16/h4-7,14-15H,2-3,8-10H2,1H3. The molecule has 2 rings (SSSR count). The number of rotatable bonds is 5. The van der Waals surface area contributed by atoms with Gasteiger partial charge in [-0.3, -0.25) is 4.79 Å². The Balaban J connectivity index is 1.92. The van der Waals surface area contributed by atoms with E-state index in [-0.39, 0.29) is 17.3 Å². The zero-order valence-electron chi connectivity index (χ0n) is 11.4. The number of hydrogen-bond donors (Lipinski definition) is 2. The van der Waals surface area contributed by atoms with Gasteiger partial charge in [0.15, 0.2) is 0 Å². The van der Waals surface area contributed by atoms with E-state index < -0.39 is 10.0 Å². The Morgan fingerprint density at radius 1 is 1.20 bits per heavy atom. The lowest BCUT2D eigenvalue weighted by Gasteiger charge is -2.16. The van der Waals surface area contributed by atoms with Crippen molar-refractivity contribution in [3.8, 4) is 0 Å². The normalized spacial score (nSPS) is 15.3. The number of nitrogens with one attached hydrogen (secondary N) is 2. The highest BCUT2D eigenvalue weighted by Gasteiger charge is 2.17. The second kappa shape index (κ2) is 6.23. The fourth-order valence-corrected chi connectivity index (χ4v) is 2.86. The van der Waals surface area contributed by atoms with Crippen LogP contribution in [0.15, 0.2) is 29.2 Å². The van der Waals surface area contributed by atoms with Gasteiger partial charge in [-0.05, 0) is 44.2 Å². The molecule has 1 aromatic carbocycles. The second-order valence-corrected chi connectivity index (χ2v) is 6.56. The molecule has 0 bridgehead atoms. The van der Waals surface area contributed by atoms with E-state index in [1.165, 1.54) is 19.2 Å². The predicted octanol–water partition coefficient (Wildman–Crippen LogP) is 0.629. The molecule has 7 heteroatoms. The summed E-state index contributed by atoms with van der Waals surface area (Å²) in [5, 5.41) is 3.01. The third kappa shape index (κ3) is 3.49. The molecular formula is C13H19N3O3S. The number of hydrogen-bond acceptors (Lipinski definition) is 4. The molecule has 2 N–H and O–H groups in total. The van der Waals surface area contributed by atoms with Crippen LogP contribution in [-0.4, -0.2) is 45.9 Å². The quantitative estimate of drug-likeness (QED) is 0.835. The van der Waals surface area contributed by atoms with Gasteiger partial charge in [0, 0.05) is 18.8 Å². The summed E-state index contributed by atoms with van der Waals surface area (Å²) in [6.45, 7) is 1.90. The van der Waals surface area contributed by atoms with Gasteiger partial charge in [0.2, 0.25) is 15.9 Å². The molecule has 0 atom stereocenters. The minimum atomic E-state index is -3.41. The first-order chi connectivity index (χ1) is 9.53. The highest BCUT2D eigenvalue weighted by molar-refractivity contribution is 7.89. The largest absolute Gasteiger partial charge is 0.376 e. The third-order valence-electron chi connectivity index (χ3n) is 3.34. The van der Waals surface area contributed by atoms with Crippen molar-refractivity contribution >= 4 is 21.6 Å². The van der Waals surface area contributed by atoms with E-state index in [1.807, 2.05) is 4.90 Å². The molecule has 1 heterocycles. The molecule has 1 aliphatic heterocycles. The third-order valence-corrected chi connectivity index (χ3v) is 4.77. The highest BCUT2D eigenvalue weighted by atomic mass is 32.2. The van der Waals surface area contributed by atoms with Gasteiger partial charge >= 0.3 is 0 Å². The Morgan fingerprint density at radius 2 is 1.80 bits per heavy atom. The Labute approximate surface area is 119 Å².